The van der Waals surface area contributed by atoms with Gasteiger partial charge in [0.15, 0.2) is 0 Å². The van der Waals surface area contributed by atoms with Gasteiger partial charge in [0.1, 0.15) is 5.75 Å². The molecule has 0 saturated heterocycles. The molecule has 2 aromatic carbocycles. The van der Waals surface area contributed by atoms with E-state index in [0.717, 1.165) is 0 Å². The van der Waals surface area contributed by atoms with Gasteiger partial charge in [0.05, 0.1) is 32.7 Å². The van der Waals surface area contributed by atoms with Gasteiger partial charge < -0.3 is 20.5 Å². The number of hydrogen-bond acceptors (Lipinski definition) is 4. The van der Waals surface area contributed by atoms with Crippen LogP contribution in [0.3, 0.4) is 0 Å². The first-order valence-electron chi connectivity index (χ1n) is 10.4. The van der Waals surface area contributed by atoms with Gasteiger partial charge in [-0.05, 0) is 62.1 Å². The summed E-state index contributed by atoms with van der Waals surface area (Å²) in [5.41, 5.74) is 0.653. The Morgan fingerprint density at radius 3 is 2.12 bits per heavy atom. The molecule has 3 N–H and O–H groups in total. The molecule has 7 nitrogen and oxygen atoms in total. The van der Waals surface area contributed by atoms with Crippen molar-refractivity contribution in [3.63, 3.8) is 0 Å². The fraction of sp³-hybridized carbons (Fsp3) is 0.348. The molecule has 0 heterocycles. The maximum atomic E-state index is 12.4. The first-order valence-corrected chi connectivity index (χ1v) is 11.6. The highest BCUT2D eigenvalue weighted by Gasteiger charge is 2.27. The molecule has 0 aromatic heterocycles. The minimum atomic E-state index is -0.763. The number of carboxylic acid groups (broad SMARTS) is 1. The lowest BCUT2D eigenvalue weighted by atomic mass is 9.87. The van der Waals surface area contributed by atoms with Crippen molar-refractivity contribution in [3.05, 3.63) is 62.6 Å². The minimum absolute atomic E-state index is 0.0736. The van der Waals surface area contributed by atoms with Crippen LogP contribution in [0.2, 0.25) is 15.1 Å². The molecule has 10 heteroatoms. The molecular formula is C23H23Cl3N2O5. The third-order valence-corrected chi connectivity index (χ3v) is 6.44. The van der Waals surface area contributed by atoms with Gasteiger partial charge in [0, 0.05) is 18.7 Å². The Morgan fingerprint density at radius 2 is 1.52 bits per heavy atom. The Balaban J connectivity index is 1.45. The van der Waals surface area contributed by atoms with E-state index in [1.807, 2.05) is 0 Å². The normalized spacial score (nSPS) is 17.8. The summed E-state index contributed by atoms with van der Waals surface area (Å²) in [6, 6.07) is 9.38. The standard InChI is InChI=1S/C23H23Cl3N2O5/c24-18-8-3-14(11-20(18)26)21(29)27-9-10-28-22(30)17-7-6-16(12-19(17)25)33-15-4-1-13(2-5-15)23(31)32/h3,6-8,11-13,15H,1-2,4-5,9-10H2,(H,27,29)(H,28,30)(H,31,32)/t13-,15+. The van der Waals surface area contributed by atoms with E-state index in [1.165, 1.54) is 12.1 Å². The maximum absolute atomic E-state index is 12.4. The third-order valence-electron chi connectivity index (χ3n) is 5.39. The van der Waals surface area contributed by atoms with E-state index in [2.05, 4.69) is 10.6 Å². The first kappa shape index (κ1) is 25.1. The molecule has 2 aromatic rings. The van der Waals surface area contributed by atoms with Crippen LogP contribution in [0, 0.1) is 5.92 Å². The maximum Gasteiger partial charge on any atom is 0.306 e. The molecule has 3 rings (SSSR count). The number of halogens is 3. The van der Waals surface area contributed by atoms with E-state index in [4.69, 9.17) is 44.6 Å². The average molecular weight is 514 g/mol. The Bertz CT molecular complexity index is 1040. The Morgan fingerprint density at radius 1 is 0.848 bits per heavy atom. The summed E-state index contributed by atoms with van der Waals surface area (Å²) in [7, 11) is 0. The lowest BCUT2D eigenvalue weighted by molar-refractivity contribution is -0.143. The summed E-state index contributed by atoms with van der Waals surface area (Å²) in [4.78, 5) is 35.6. The highest BCUT2D eigenvalue weighted by molar-refractivity contribution is 6.42. The number of carboxylic acids is 1. The van der Waals surface area contributed by atoms with Crippen molar-refractivity contribution in [2.45, 2.75) is 31.8 Å². The van der Waals surface area contributed by atoms with Crippen LogP contribution in [0.4, 0.5) is 0 Å². The highest BCUT2D eigenvalue weighted by Crippen LogP contribution is 2.30. The van der Waals surface area contributed by atoms with Gasteiger partial charge in [-0.3, -0.25) is 14.4 Å². The summed E-state index contributed by atoms with van der Waals surface area (Å²) in [6.07, 6.45) is 2.40. The summed E-state index contributed by atoms with van der Waals surface area (Å²) in [5.74, 6) is -1.25. The van der Waals surface area contributed by atoms with Gasteiger partial charge >= 0.3 is 5.97 Å². The van der Waals surface area contributed by atoms with Crippen LogP contribution < -0.4 is 15.4 Å². The van der Waals surface area contributed by atoms with Crippen LogP contribution in [0.15, 0.2) is 36.4 Å². The van der Waals surface area contributed by atoms with E-state index >= 15 is 0 Å². The highest BCUT2D eigenvalue weighted by atomic mass is 35.5. The molecule has 1 aliphatic carbocycles. The molecule has 1 saturated carbocycles. The lowest BCUT2D eigenvalue weighted by Gasteiger charge is -2.26. The van der Waals surface area contributed by atoms with Crippen LogP contribution in [0.1, 0.15) is 46.4 Å². The summed E-state index contributed by atoms with van der Waals surface area (Å²) < 4.78 is 5.91. The van der Waals surface area contributed by atoms with Crippen molar-refractivity contribution < 1.29 is 24.2 Å². The van der Waals surface area contributed by atoms with Crippen LogP contribution in [0.25, 0.3) is 0 Å². The van der Waals surface area contributed by atoms with Gasteiger partial charge in [-0.15, -0.1) is 0 Å². The largest absolute Gasteiger partial charge is 0.490 e. The molecule has 0 spiro atoms. The summed E-state index contributed by atoms with van der Waals surface area (Å²) >= 11 is 18.0. The average Bonchev–Trinajstić information content (AvgIpc) is 2.78. The van der Waals surface area contributed by atoms with Crippen molar-refractivity contribution in [2.75, 3.05) is 13.1 Å². The fourth-order valence-electron chi connectivity index (χ4n) is 3.56. The van der Waals surface area contributed by atoms with E-state index in [9.17, 15) is 14.4 Å². The second-order valence-electron chi connectivity index (χ2n) is 7.71. The van der Waals surface area contributed by atoms with Gasteiger partial charge in [-0.1, -0.05) is 34.8 Å². The zero-order valence-electron chi connectivity index (χ0n) is 17.6. The molecule has 0 unspecified atom stereocenters. The molecule has 0 atom stereocenters. The lowest BCUT2D eigenvalue weighted by Crippen LogP contribution is -2.34. The molecule has 33 heavy (non-hydrogen) atoms. The fourth-order valence-corrected chi connectivity index (χ4v) is 4.11. The molecule has 1 aliphatic rings. The quantitative estimate of drug-likeness (QED) is 0.439. The molecule has 0 bridgehead atoms. The van der Waals surface area contributed by atoms with Crippen LogP contribution in [0.5, 0.6) is 5.75 Å². The molecule has 0 radical (unpaired) electrons. The topological polar surface area (TPSA) is 105 Å². The van der Waals surface area contributed by atoms with Crippen LogP contribution >= 0.6 is 34.8 Å². The molecule has 2 amide bonds. The number of aliphatic carboxylic acids is 1. The van der Waals surface area contributed by atoms with Crippen molar-refractivity contribution in [1.82, 2.24) is 10.6 Å². The number of rotatable bonds is 8. The molecule has 0 aliphatic heterocycles. The van der Waals surface area contributed by atoms with E-state index in [0.29, 0.717) is 42.0 Å². The number of benzene rings is 2. The number of hydrogen-bond donors (Lipinski definition) is 3. The minimum Gasteiger partial charge on any atom is -0.490 e. The molecular weight excluding hydrogens is 491 g/mol. The summed E-state index contributed by atoms with van der Waals surface area (Å²) in [6.45, 7) is 0.413. The van der Waals surface area contributed by atoms with Gasteiger partial charge in [0.25, 0.3) is 11.8 Å². The van der Waals surface area contributed by atoms with Crippen molar-refractivity contribution in [2.24, 2.45) is 5.92 Å². The monoisotopic (exact) mass is 512 g/mol. The van der Waals surface area contributed by atoms with E-state index < -0.39 is 5.97 Å². The number of carbonyl (C=O) groups excluding carboxylic acids is 2. The van der Waals surface area contributed by atoms with Crippen LogP contribution in [-0.2, 0) is 4.79 Å². The number of amides is 2. The Hall–Kier alpha value is -2.48. The summed E-state index contributed by atoms with van der Waals surface area (Å²) in [5, 5.41) is 15.4. The number of carbonyl (C=O) groups is 3. The second kappa shape index (κ2) is 11.6. The first-order chi connectivity index (χ1) is 15.7. The Kier molecular flexibility index (Phi) is 8.83. The van der Waals surface area contributed by atoms with Gasteiger partial charge in [0.2, 0.25) is 0 Å². The zero-order chi connectivity index (χ0) is 24.0. The van der Waals surface area contributed by atoms with E-state index in [1.54, 1.807) is 24.3 Å². The second-order valence-corrected chi connectivity index (χ2v) is 8.93. The van der Waals surface area contributed by atoms with Crippen molar-refractivity contribution in [3.8, 4) is 5.75 Å². The predicted molar refractivity (Wildman–Crippen MR) is 127 cm³/mol. The van der Waals surface area contributed by atoms with Crippen molar-refractivity contribution in [1.29, 1.82) is 0 Å². The number of ether oxygens (including phenoxy) is 1. The smallest absolute Gasteiger partial charge is 0.306 e. The number of nitrogens with one attached hydrogen (secondary N) is 2. The van der Waals surface area contributed by atoms with Crippen molar-refractivity contribution >= 4 is 52.6 Å². The van der Waals surface area contributed by atoms with Gasteiger partial charge in [-0.2, -0.15) is 0 Å². The molecule has 176 valence electrons. The van der Waals surface area contributed by atoms with Gasteiger partial charge in [-0.25, -0.2) is 0 Å². The van der Waals surface area contributed by atoms with E-state index in [-0.39, 0.29) is 52.5 Å². The SMILES string of the molecule is O=C(NCCNC(=O)c1ccc(O[C@H]2CC[C@@H](C(=O)O)CC2)cc1Cl)c1ccc(Cl)c(Cl)c1. The third kappa shape index (κ3) is 7.00. The zero-order valence-corrected chi connectivity index (χ0v) is 19.8. The van der Waals surface area contributed by atoms with Crippen LogP contribution in [-0.4, -0.2) is 42.1 Å². The molecule has 1 fully saturated rings. The Labute approximate surface area is 206 Å². The predicted octanol–water partition coefficient (Wildman–Crippen LogP) is 4.83.